The molecular formula is C22H41ClN2O3. The van der Waals surface area contributed by atoms with E-state index in [4.69, 9.17) is 16.3 Å². The van der Waals surface area contributed by atoms with Crippen LogP contribution < -0.4 is 10.9 Å². The Morgan fingerprint density at radius 2 is 1.82 bits per heavy atom. The fourth-order valence-electron chi connectivity index (χ4n) is 2.29. The van der Waals surface area contributed by atoms with E-state index in [0.29, 0.717) is 36.6 Å². The van der Waals surface area contributed by atoms with Crippen molar-refractivity contribution in [3.8, 4) is 0 Å². The standard InChI is InChI=1S/C16H25ClN2O3.C4H10.C2H6/c1-11(9-22-16(2,3)4)13(5-6-18-10-20)14-7-12(17)8-19-15(14)21;1-3-4-2;1-2/h7-8,10-11,13H,5-6,9H2,1-4H3,(H,18,20)(H,19,21);3-4H2,1-2H3;1-2H3. The van der Waals surface area contributed by atoms with Crippen molar-refractivity contribution < 1.29 is 9.53 Å². The monoisotopic (exact) mass is 416 g/mol. The second-order valence-electron chi connectivity index (χ2n) is 7.47. The molecule has 0 fully saturated rings. The van der Waals surface area contributed by atoms with Gasteiger partial charge >= 0.3 is 0 Å². The number of rotatable bonds is 9. The number of hydrogen-bond donors (Lipinski definition) is 2. The van der Waals surface area contributed by atoms with E-state index in [1.165, 1.54) is 19.0 Å². The molecule has 6 heteroatoms. The fraction of sp³-hybridized carbons (Fsp3) is 0.727. The molecule has 1 rings (SSSR count). The molecule has 2 N–H and O–H groups in total. The van der Waals surface area contributed by atoms with Gasteiger partial charge in [0.15, 0.2) is 0 Å². The van der Waals surface area contributed by atoms with Gasteiger partial charge in [-0.2, -0.15) is 0 Å². The minimum atomic E-state index is -0.236. The van der Waals surface area contributed by atoms with Gasteiger partial charge in [-0.05, 0) is 45.1 Å². The van der Waals surface area contributed by atoms with E-state index in [1.807, 2.05) is 41.5 Å². The van der Waals surface area contributed by atoms with Crippen LogP contribution in [0.5, 0.6) is 0 Å². The van der Waals surface area contributed by atoms with E-state index in [1.54, 1.807) is 6.07 Å². The van der Waals surface area contributed by atoms with Crippen LogP contribution in [0.3, 0.4) is 0 Å². The van der Waals surface area contributed by atoms with Gasteiger partial charge < -0.3 is 15.0 Å². The summed E-state index contributed by atoms with van der Waals surface area (Å²) in [6.07, 6.45) is 5.43. The zero-order valence-electron chi connectivity index (χ0n) is 19.0. The summed E-state index contributed by atoms with van der Waals surface area (Å²) in [6.45, 7) is 17.4. The molecule has 2 atom stereocenters. The molecule has 0 saturated carbocycles. The number of carbonyl (C=O) groups is 1. The lowest BCUT2D eigenvalue weighted by Gasteiger charge is -2.28. The van der Waals surface area contributed by atoms with Crippen LogP contribution in [0.25, 0.3) is 0 Å². The largest absolute Gasteiger partial charge is 0.376 e. The summed E-state index contributed by atoms with van der Waals surface area (Å²) in [7, 11) is 0. The highest BCUT2D eigenvalue weighted by molar-refractivity contribution is 6.30. The van der Waals surface area contributed by atoms with Gasteiger partial charge in [-0.1, -0.05) is 59.1 Å². The molecule has 28 heavy (non-hydrogen) atoms. The molecule has 0 aliphatic rings. The van der Waals surface area contributed by atoms with E-state index < -0.39 is 0 Å². The molecule has 1 amide bonds. The van der Waals surface area contributed by atoms with Crippen molar-refractivity contribution in [2.45, 2.75) is 86.2 Å². The molecule has 1 aromatic rings. The van der Waals surface area contributed by atoms with Crippen molar-refractivity contribution >= 4 is 18.0 Å². The number of carbonyl (C=O) groups excluding carboxylic acids is 1. The van der Waals surface area contributed by atoms with Crippen molar-refractivity contribution in [2.24, 2.45) is 5.92 Å². The topological polar surface area (TPSA) is 71.2 Å². The van der Waals surface area contributed by atoms with Gasteiger partial charge in [0.1, 0.15) is 0 Å². The van der Waals surface area contributed by atoms with Crippen LogP contribution in [-0.4, -0.2) is 30.1 Å². The van der Waals surface area contributed by atoms with E-state index in [-0.39, 0.29) is 23.0 Å². The Morgan fingerprint density at radius 3 is 2.29 bits per heavy atom. The van der Waals surface area contributed by atoms with Crippen LogP contribution in [0.1, 0.15) is 86.1 Å². The number of halogens is 1. The summed E-state index contributed by atoms with van der Waals surface area (Å²) in [5.41, 5.74) is 0.244. The highest BCUT2D eigenvalue weighted by Gasteiger charge is 2.24. The Morgan fingerprint density at radius 1 is 1.25 bits per heavy atom. The molecule has 0 aromatic carbocycles. The van der Waals surface area contributed by atoms with E-state index in [2.05, 4.69) is 24.1 Å². The van der Waals surface area contributed by atoms with Gasteiger partial charge in [-0.3, -0.25) is 9.59 Å². The third-order valence-corrected chi connectivity index (χ3v) is 4.16. The van der Waals surface area contributed by atoms with Crippen molar-refractivity contribution in [3.05, 3.63) is 33.2 Å². The number of ether oxygens (including phenoxy) is 1. The normalized spacial score (nSPS) is 12.6. The lowest BCUT2D eigenvalue weighted by Crippen LogP contribution is -2.29. The first-order valence-corrected chi connectivity index (χ1v) is 10.7. The minimum absolute atomic E-state index is 0.0442. The Bertz CT molecular complexity index is 566. The molecule has 1 aromatic heterocycles. The number of aromatic nitrogens is 1. The SMILES string of the molecule is CC.CC(COC(C)(C)C)C(CCNC=O)c1cc(Cl)c[nH]c1=O.CCCC. The number of nitrogens with one attached hydrogen (secondary N) is 2. The lowest BCUT2D eigenvalue weighted by molar-refractivity contribution is -0.109. The van der Waals surface area contributed by atoms with Gasteiger partial charge in [-0.25, -0.2) is 0 Å². The molecule has 0 aliphatic carbocycles. The second kappa shape index (κ2) is 16.6. The first-order valence-electron chi connectivity index (χ1n) is 10.3. The Labute approximate surface area is 176 Å². The summed E-state index contributed by atoms with van der Waals surface area (Å²) in [5.74, 6) is 0.0736. The molecule has 164 valence electrons. The van der Waals surface area contributed by atoms with Crippen LogP contribution >= 0.6 is 11.6 Å². The third kappa shape index (κ3) is 13.8. The van der Waals surface area contributed by atoms with Crippen LogP contribution in [0, 0.1) is 5.92 Å². The van der Waals surface area contributed by atoms with Crippen LogP contribution in [0.15, 0.2) is 17.1 Å². The highest BCUT2D eigenvalue weighted by atomic mass is 35.5. The van der Waals surface area contributed by atoms with Gasteiger partial charge in [0.05, 0.1) is 17.2 Å². The molecule has 0 radical (unpaired) electrons. The predicted octanol–water partition coefficient (Wildman–Crippen LogP) is 5.53. The zero-order valence-corrected chi connectivity index (χ0v) is 19.8. The zero-order chi connectivity index (χ0) is 22.2. The van der Waals surface area contributed by atoms with Crippen molar-refractivity contribution in [3.63, 3.8) is 0 Å². The van der Waals surface area contributed by atoms with E-state index in [0.717, 1.165) is 0 Å². The third-order valence-electron chi connectivity index (χ3n) is 3.95. The summed E-state index contributed by atoms with van der Waals surface area (Å²) in [4.78, 5) is 25.2. The summed E-state index contributed by atoms with van der Waals surface area (Å²) in [5, 5.41) is 3.14. The number of aromatic amines is 1. The number of amides is 1. The summed E-state index contributed by atoms with van der Waals surface area (Å²) < 4.78 is 5.83. The van der Waals surface area contributed by atoms with Crippen molar-refractivity contribution in [2.75, 3.05) is 13.2 Å². The van der Waals surface area contributed by atoms with E-state index in [9.17, 15) is 9.59 Å². The van der Waals surface area contributed by atoms with E-state index >= 15 is 0 Å². The average molecular weight is 417 g/mol. The first kappa shape index (κ1) is 28.9. The van der Waals surface area contributed by atoms with Gasteiger partial charge in [0, 0.05) is 18.3 Å². The first-order chi connectivity index (χ1) is 13.2. The van der Waals surface area contributed by atoms with Crippen LogP contribution in [0.4, 0.5) is 0 Å². The Balaban J connectivity index is 0. The maximum atomic E-state index is 12.1. The van der Waals surface area contributed by atoms with Gasteiger partial charge in [0.2, 0.25) is 6.41 Å². The van der Waals surface area contributed by atoms with Crippen LogP contribution in [0.2, 0.25) is 5.02 Å². The Kier molecular flexibility index (Phi) is 17.1. The second-order valence-corrected chi connectivity index (χ2v) is 7.91. The maximum Gasteiger partial charge on any atom is 0.251 e. The fourth-order valence-corrected chi connectivity index (χ4v) is 2.46. The van der Waals surface area contributed by atoms with Crippen molar-refractivity contribution in [1.82, 2.24) is 10.3 Å². The van der Waals surface area contributed by atoms with Crippen LogP contribution in [-0.2, 0) is 9.53 Å². The van der Waals surface area contributed by atoms with Crippen molar-refractivity contribution in [1.29, 1.82) is 0 Å². The molecule has 0 aliphatic heterocycles. The number of hydrogen-bond acceptors (Lipinski definition) is 3. The molecule has 0 spiro atoms. The lowest BCUT2D eigenvalue weighted by atomic mass is 9.85. The predicted molar refractivity (Wildman–Crippen MR) is 120 cm³/mol. The molecular weight excluding hydrogens is 376 g/mol. The minimum Gasteiger partial charge on any atom is -0.376 e. The molecule has 5 nitrogen and oxygen atoms in total. The van der Waals surface area contributed by atoms with Gasteiger partial charge in [-0.15, -0.1) is 0 Å². The number of pyridine rings is 1. The van der Waals surface area contributed by atoms with Gasteiger partial charge in [0.25, 0.3) is 5.56 Å². The summed E-state index contributed by atoms with van der Waals surface area (Å²) in [6, 6.07) is 1.69. The Hall–Kier alpha value is -1.33. The quantitative estimate of drug-likeness (QED) is 0.410. The smallest absolute Gasteiger partial charge is 0.251 e. The molecule has 0 bridgehead atoms. The summed E-state index contributed by atoms with van der Waals surface area (Å²) >= 11 is 6.00. The number of unbranched alkanes of at least 4 members (excludes halogenated alkanes) is 1. The maximum absolute atomic E-state index is 12.1. The molecule has 1 heterocycles. The number of H-pyrrole nitrogens is 1. The average Bonchev–Trinajstić information content (AvgIpc) is 2.67. The molecule has 0 saturated heterocycles. The molecule has 2 unspecified atom stereocenters. The highest BCUT2D eigenvalue weighted by Crippen LogP contribution is 2.28.